The van der Waals surface area contributed by atoms with Crippen LogP contribution in [0.2, 0.25) is 0 Å². The molecule has 2 heterocycles. The van der Waals surface area contributed by atoms with E-state index in [2.05, 4.69) is 4.98 Å². The molecule has 0 atom stereocenters. The van der Waals surface area contributed by atoms with Crippen molar-refractivity contribution in [2.75, 3.05) is 13.2 Å². The number of carboxylic acids is 1. The highest BCUT2D eigenvalue weighted by Gasteiger charge is 2.36. The van der Waals surface area contributed by atoms with Gasteiger partial charge in [-0.25, -0.2) is 9.78 Å². The number of ether oxygens (including phenoxy) is 2. The molecular weight excluding hydrogens is 290 g/mol. The van der Waals surface area contributed by atoms with Crippen LogP contribution in [-0.2, 0) is 4.74 Å². The Morgan fingerprint density at radius 1 is 1.43 bits per heavy atom. The summed E-state index contributed by atoms with van der Waals surface area (Å²) in [7, 11) is 0. The number of carbonyl (C=O) groups is 1. The van der Waals surface area contributed by atoms with Gasteiger partial charge in [-0.3, -0.25) is 0 Å². The lowest BCUT2D eigenvalue weighted by Crippen LogP contribution is -2.51. The van der Waals surface area contributed by atoms with E-state index in [-0.39, 0.29) is 11.2 Å². The lowest BCUT2D eigenvalue weighted by atomic mass is 10.0. The van der Waals surface area contributed by atoms with E-state index in [1.54, 1.807) is 12.3 Å². The zero-order chi connectivity index (χ0) is 15.0. The van der Waals surface area contributed by atoms with Crippen LogP contribution in [-0.4, -0.2) is 34.9 Å². The number of rotatable bonds is 4. The third-order valence-electron chi connectivity index (χ3n) is 3.20. The topological polar surface area (TPSA) is 68.7 Å². The Hall–Kier alpha value is -1.92. The molecule has 1 aliphatic heterocycles. The molecule has 1 aromatic carbocycles. The Bertz CT molecular complexity index is 691. The molecule has 0 unspecified atom stereocenters. The zero-order valence-corrected chi connectivity index (χ0v) is 12.6. The Morgan fingerprint density at radius 2 is 2.19 bits per heavy atom. The van der Waals surface area contributed by atoms with Crippen LogP contribution in [0.5, 0.6) is 5.75 Å². The number of carboxylic acid groups (broad SMARTS) is 1. The van der Waals surface area contributed by atoms with Crippen molar-refractivity contribution >= 4 is 17.3 Å². The minimum Gasteiger partial charge on any atom is -0.483 e. The van der Waals surface area contributed by atoms with Crippen molar-refractivity contribution in [3.63, 3.8) is 0 Å². The minimum absolute atomic E-state index is 0.194. The van der Waals surface area contributed by atoms with E-state index in [0.717, 1.165) is 15.4 Å². The standard InChI is InChI=1S/C15H15NO4S/c1-9-6-16-13(21-9)10-3-11(14(17)18)5-12(4-10)20-15(2)7-19-8-15/h3-6H,7-8H2,1-2H3,(H,17,18). The number of aryl methyl sites for hydroxylation is 1. The first kappa shape index (κ1) is 14.0. The summed E-state index contributed by atoms with van der Waals surface area (Å²) in [4.78, 5) is 16.7. The highest BCUT2D eigenvalue weighted by atomic mass is 32.1. The number of nitrogens with zero attached hydrogens (tertiary/aromatic N) is 1. The highest BCUT2D eigenvalue weighted by molar-refractivity contribution is 7.14. The molecule has 110 valence electrons. The first-order valence-electron chi connectivity index (χ1n) is 6.53. The van der Waals surface area contributed by atoms with Gasteiger partial charge in [0.25, 0.3) is 0 Å². The molecule has 1 saturated heterocycles. The second kappa shape index (κ2) is 5.13. The van der Waals surface area contributed by atoms with Gasteiger partial charge in [-0.15, -0.1) is 11.3 Å². The van der Waals surface area contributed by atoms with Gasteiger partial charge in [-0.05, 0) is 32.0 Å². The molecule has 21 heavy (non-hydrogen) atoms. The van der Waals surface area contributed by atoms with Crippen molar-refractivity contribution < 1.29 is 19.4 Å². The summed E-state index contributed by atoms with van der Waals surface area (Å²) < 4.78 is 11.0. The fourth-order valence-corrected chi connectivity index (χ4v) is 2.88. The molecule has 0 radical (unpaired) electrons. The van der Waals surface area contributed by atoms with E-state index in [4.69, 9.17) is 9.47 Å². The second-order valence-corrected chi connectivity index (χ2v) is 6.61. The number of hydrogen-bond acceptors (Lipinski definition) is 5. The molecule has 0 spiro atoms. The quantitative estimate of drug-likeness (QED) is 0.940. The summed E-state index contributed by atoms with van der Waals surface area (Å²) in [5.41, 5.74) is 0.568. The van der Waals surface area contributed by atoms with Gasteiger partial charge < -0.3 is 14.6 Å². The first-order chi connectivity index (χ1) is 9.95. The maximum atomic E-state index is 11.3. The van der Waals surface area contributed by atoms with Crippen LogP contribution in [0.1, 0.15) is 22.2 Å². The molecule has 0 saturated carbocycles. The van der Waals surface area contributed by atoms with Gasteiger partial charge in [0.05, 0.1) is 18.8 Å². The molecule has 1 N–H and O–H groups in total. The molecule has 2 aromatic rings. The zero-order valence-electron chi connectivity index (χ0n) is 11.8. The van der Waals surface area contributed by atoms with Crippen LogP contribution < -0.4 is 4.74 Å². The molecular formula is C15H15NO4S. The summed E-state index contributed by atoms with van der Waals surface area (Å²) in [5.74, 6) is -0.450. The van der Waals surface area contributed by atoms with Gasteiger partial charge >= 0.3 is 5.97 Å². The van der Waals surface area contributed by atoms with E-state index in [0.29, 0.717) is 19.0 Å². The van der Waals surface area contributed by atoms with Crippen molar-refractivity contribution in [2.24, 2.45) is 0 Å². The largest absolute Gasteiger partial charge is 0.483 e. The number of thiazole rings is 1. The minimum atomic E-state index is -0.981. The Labute approximate surface area is 126 Å². The average Bonchev–Trinajstić information content (AvgIpc) is 2.83. The molecule has 6 heteroatoms. The molecule has 1 aromatic heterocycles. The Morgan fingerprint density at radius 3 is 2.71 bits per heavy atom. The summed E-state index contributed by atoms with van der Waals surface area (Å²) in [6.45, 7) is 4.93. The van der Waals surface area contributed by atoms with Crippen LogP contribution in [0.3, 0.4) is 0 Å². The van der Waals surface area contributed by atoms with Gasteiger partial charge in [0.1, 0.15) is 10.8 Å². The molecule has 1 aliphatic rings. The molecule has 0 aliphatic carbocycles. The van der Waals surface area contributed by atoms with Gasteiger partial charge in [-0.1, -0.05) is 0 Å². The van der Waals surface area contributed by atoms with E-state index in [1.807, 2.05) is 19.9 Å². The van der Waals surface area contributed by atoms with Gasteiger partial charge in [0.2, 0.25) is 0 Å². The van der Waals surface area contributed by atoms with E-state index in [9.17, 15) is 9.90 Å². The monoisotopic (exact) mass is 305 g/mol. The van der Waals surface area contributed by atoms with Gasteiger partial charge in [-0.2, -0.15) is 0 Å². The smallest absolute Gasteiger partial charge is 0.335 e. The lowest BCUT2D eigenvalue weighted by molar-refractivity contribution is -0.149. The maximum Gasteiger partial charge on any atom is 0.335 e. The Kier molecular flexibility index (Phi) is 3.43. The molecule has 1 fully saturated rings. The van der Waals surface area contributed by atoms with E-state index >= 15 is 0 Å². The van der Waals surface area contributed by atoms with Gasteiger partial charge in [0.15, 0.2) is 5.60 Å². The number of benzene rings is 1. The first-order valence-corrected chi connectivity index (χ1v) is 7.35. The third kappa shape index (κ3) is 2.91. The van der Waals surface area contributed by atoms with Crippen LogP contribution in [0, 0.1) is 6.92 Å². The SMILES string of the molecule is Cc1cnc(-c2cc(OC3(C)COC3)cc(C(=O)O)c2)s1. The van der Waals surface area contributed by atoms with Crippen molar-refractivity contribution in [3.05, 3.63) is 34.8 Å². The summed E-state index contributed by atoms with van der Waals surface area (Å²) in [6, 6.07) is 4.98. The predicted octanol–water partition coefficient (Wildman–Crippen LogP) is 2.98. The third-order valence-corrected chi connectivity index (χ3v) is 4.16. The van der Waals surface area contributed by atoms with E-state index in [1.165, 1.54) is 17.4 Å². The second-order valence-electron chi connectivity index (χ2n) is 5.37. The Balaban J connectivity index is 1.99. The van der Waals surface area contributed by atoms with E-state index < -0.39 is 5.97 Å². The number of aromatic nitrogens is 1. The summed E-state index contributed by atoms with van der Waals surface area (Å²) >= 11 is 1.52. The van der Waals surface area contributed by atoms with Gasteiger partial charge in [0, 0.05) is 16.6 Å². The van der Waals surface area contributed by atoms with Crippen molar-refractivity contribution in [3.8, 4) is 16.3 Å². The average molecular weight is 305 g/mol. The predicted molar refractivity (Wildman–Crippen MR) is 79.1 cm³/mol. The lowest BCUT2D eigenvalue weighted by Gasteiger charge is -2.38. The maximum absolute atomic E-state index is 11.3. The van der Waals surface area contributed by atoms with Crippen LogP contribution in [0.4, 0.5) is 0 Å². The van der Waals surface area contributed by atoms with Crippen LogP contribution >= 0.6 is 11.3 Å². The fourth-order valence-electron chi connectivity index (χ4n) is 2.13. The van der Waals surface area contributed by atoms with Crippen molar-refractivity contribution in [2.45, 2.75) is 19.4 Å². The summed E-state index contributed by atoms with van der Waals surface area (Å²) in [6.07, 6.45) is 1.77. The van der Waals surface area contributed by atoms with Crippen LogP contribution in [0.25, 0.3) is 10.6 Å². The normalized spacial score (nSPS) is 16.3. The van der Waals surface area contributed by atoms with Crippen molar-refractivity contribution in [1.29, 1.82) is 0 Å². The molecule has 0 amide bonds. The fraction of sp³-hybridized carbons (Fsp3) is 0.333. The van der Waals surface area contributed by atoms with Crippen LogP contribution in [0.15, 0.2) is 24.4 Å². The molecule has 3 rings (SSSR count). The number of aromatic carboxylic acids is 1. The van der Waals surface area contributed by atoms with Crippen molar-refractivity contribution in [1.82, 2.24) is 4.98 Å². The number of hydrogen-bond donors (Lipinski definition) is 1. The molecule has 5 nitrogen and oxygen atoms in total. The summed E-state index contributed by atoms with van der Waals surface area (Å²) in [5, 5.41) is 10.0. The molecule has 0 bridgehead atoms. The highest BCUT2D eigenvalue weighted by Crippen LogP contribution is 2.32.